The second kappa shape index (κ2) is 12.2. The third-order valence-electron chi connectivity index (χ3n) is 6.72. The molecule has 0 atom stereocenters. The molecule has 0 unspecified atom stereocenters. The Bertz CT molecular complexity index is 1170. The van der Waals surface area contributed by atoms with Crippen molar-refractivity contribution in [2.24, 2.45) is 5.73 Å². The van der Waals surface area contributed by atoms with Gasteiger partial charge in [-0.2, -0.15) is 0 Å². The zero-order valence-electron chi connectivity index (χ0n) is 22.9. The van der Waals surface area contributed by atoms with Gasteiger partial charge in [-0.25, -0.2) is 4.79 Å². The summed E-state index contributed by atoms with van der Waals surface area (Å²) in [7, 11) is 0. The van der Waals surface area contributed by atoms with Gasteiger partial charge in [-0.1, -0.05) is 58.0 Å². The Morgan fingerprint density at radius 2 is 1.58 bits per heavy atom. The van der Waals surface area contributed by atoms with E-state index in [2.05, 4.69) is 88.9 Å². The van der Waals surface area contributed by atoms with Gasteiger partial charge in [0.05, 0.1) is 12.2 Å². The first-order chi connectivity index (χ1) is 17.2. The molecule has 0 saturated heterocycles. The van der Waals surface area contributed by atoms with Crippen LogP contribution in [0.5, 0.6) is 0 Å². The van der Waals surface area contributed by atoms with Gasteiger partial charge >= 0.3 is 5.97 Å². The molecule has 3 aromatic carbocycles. The number of esters is 1. The molecule has 3 rings (SSSR count). The SMILES string of the molecule is CCc1cc(C(=O)OCCCN)ccc1-c1cccc(-c2ccc(N(CC)CC)c(C(C)(C)C)c2)c1. The predicted octanol–water partition coefficient (Wildman–Crippen LogP) is 7.23. The van der Waals surface area contributed by atoms with E-state index in [1.165, 1.54) is 22.4 Å². The molecular formula is C32H42N2O2. The van der Waals surface area contributed by atoms with E-state index in [1.807, 2.05) is 18.2 Å². The van der Waals surface area contributed by atoms with Crippen LogP contribution in [-0.2, 0) is 16.6 Å². The lowest BCUT2D eigenvalue weighted by atomic mass is 9.83. The first-order valence-corrected chi connectivity index (χ1v) is 13.2. The summed E-state index contributed by atoms with van der Waals surface area (Å²) in [6, 6.07) is 21.4. The molecule has 36 heavy (non-hydrogen) atoms. The number of aryl methyl sites for hydroxylation is 1. The number of hydrogen-bond acceptors (Lipinski definition) is 4. The summed E-state index contributed by atoms with van der Waals surface area (Å²) in [5.74, 6) is -0.290. The van der Waals surface area contributed by atoms with E-state index in [4.69, 9.17) is 10.5 Å². The number of benzene rings is 3. The number of rotatable bonds is 10. The highest BCUT2D eigenvalue weighted by Crippen LogP contribution is 2.37. The van der Waals surface area contributed by atoms with Gasteiger partial charge in [-0.15, -0.1) is 0 Å². The summed E-state index contributed by atoms with van der Waals surface area (Å²) in [5.41, 5.74) is 14.6. The smallest absolute Gasteiger partial charge is 0.338 e. The quantitative estimate of drug-likeness (QED) is 0.242. The van der Waals surface area contributed by atoms with Crippen LogP contribution in [0.3, 0.4) is 0 Å². The van der Waals surface area contributed by atoms with Gasteiger partial charge in [-0.05, 0) is 102 Å². The fourth-order valence-corrected chi connectivity index (χ4v) is 4.65. The maximum absolute atomic E-state index is 12.4. The Morgan fingerprint density at radius 3 is 2.22 bits per heavy atom. The lowest BCUT2D eigenvalue weighted by Crippen LogP contribution is -2.26. The van der Waals surface area contributed by atoms with Gasteiger partial charge in [0, 0.05) is 18.8 Å². The van der Waals surface area contributed by atoms with Crippen LogP contribution in [0.1, 0.15) is 69.4 Å². The van der Waals surface area contributed by atoms with E-state index in [9.17, 15) is 4.79 Å². The summed E-state index contributed by atoms with van der Waals surface area (Å²) in [4.78, 5) is 14.9. The molecule has 3 aromatic rings. The number of nitrogens with two attached hydrogens (primary N) is 1. The Hall–Kier alpha value is -3.11. The number of anilines is 1. The summed E-state index contributed by atoms with van der Waals surface area (Å²) in [6.07, 6.45) is 1.50. The second-order valence-electron chi connectivity index (χ2n) is 10.2. The molecule has 4 nitrogen and oxygen atoms in total. The predicted molar refractivity (Wildman–Crippen MR) is 153 cm³/mol. The highest BCUT2D eigenvalue weighted by atomic mass is 16.5. The first-order valence-electron chi connectivity index (χ1n) is 13.2. The van der Waals surface area contributed by atoms with Gasteiger partial charge in [0.15, 0.2) is 0 Å². The van der Waals surface area contributed by atoms with E-state index in [0.717, 1.165) is 36.2 Å². The Balaban J connectivity index is 1.99. The molecule has 4 heteroatoms. The first kappa shape index (κ1) is 27.5. The topological polar surface area (TPSA) is 55.6 Å². The summed E-state index contributed by atoms with van der Waals surface area (Å²) in [6.45, 7) is 16.2. The van der Waals surface area contributed by atoms with Gasteiger partial charge in [0.1, 0.15) is 0 Å². The standard InChI is InChI=1S/C32H42N2O2/c1-7-23-20-27(31(35)36-19-11-18-33)14-16-28(23)26-13-10-12-24(21-26)25-15-17-30(34(8-2)9-3)29(22-25)32(4,5)6/h10,12-17,20-22H,7-9,11,18-19,33H2,1-6H3. The number of carbonyl (C=O) groups is 1. The molecule has 0 saturated carbocycles. The molecular weight excluding hydrogens is 444 g/mol. The Kier molecular flexibility index (Phi) is 9.33. The van der Waals surface area contributed by atoms with Crippen LogP contribution in [0, 0.1) is 0 Å². The van der Waals surface area contributed by atoms with Crippen molar-refractivity contribution in [2.75, 3.05) is 31.1 Å². The number of ether oxygens (including phenoxy) is 1. The fraction of sp³-hybridized carbons (Fsp3) is 0.406. The molecule has 192 valence electrons. The van der Waals surface area contributed by atoms with E-state index in [-0.39, 0.29) is 11.4 Å². The van der Waals surface area contributed by atoms with Crippen molar-refractivity contribution in [3.05, 3.63) is 77.4 Å². The van der Waals surface area contributed by atoms with Crippen LogP contribution in [-0.4, -0.2) is 32.2 Å². The van der Waals surface area contributed by atoms with Crippen molar-refractivity contribution >= 4 is 11.7 Å². The minimum Gasteiger partial charge on any atom is -0.462 e. The normalized spacial score (nSPS) is 11.4. The van der Waals surface area contributed by atoms with E-state index in [0.29, 0.717) is 25.1 Å². The molecule has 0 radical (unpaired) electrons. The maximum Gasteiger partial charge on any atom is 0.338 e. The van der Waals surface area contributed by atoms with E-state index < -0.39 is 0 Å². The third-order valence-corrected chi connectivity index (χ3v) is 6.72. The maximum atomic E-state index is 12.4. The highest BCUT2D eigenvalue weighted by molar-refractivity contribution is 5.91. The van der Waals surface area contributed by atoms with Crippen molar-refractivity contribution in [3.63, 3.8) is 0 Å². The van der Waals surface area contributed by atoms with E-state index >= 15 is 0 Å². The molecule has 0 amide bonds. The molecule has 0 heterocycles. The van der Waals surface area contributed by atoms with Crippen LogP contribution in [0.2, 0.25) is 0 Å². The molecule has 0 aliphatic rings. The van der Waals surface area contributed by atoms with Crippen molar-refractivity contribution in [3.8, 4) is 22.3 Å². The Labute approximate surface area is 217 Å². The molecule has 2 N–H and O–H groups in total. The van der Waals surface area contributed by atoms with Crippen LogP contribution >= 0.6 is 0 Å². The second-order valence-corrected chi connectivity index (χ2v) is 10.2. The zero-order valence-corrected chi connectivity index (χ0v) is 22.9. The lowest BCUT2D eigenvalue weighted by Gasteiger charge is -2.30. The monoisotopic (exact) mass is 486 g/mol. The largest absolute Gasteiger partial charge is 0.462 e. The summed E-state index contributed by atoms with van der Waals surface area (Å²) >= 11 is 0. The van der Waals surface area contributed by atoms with Crippen molar-refractivity contribution in [1.29, 1.82) is 0 Å². The van der Waals surface area contributed by atoms with Crippen LogP contribution < -0.4 is 10.6 Å². The van der Waals surface area contributed by atoms with Gasteiger partial charge in [0.2, 0.25) is 0 Å². The Morgan fingerprint density at radius 1 is 0.889 bits per heavy atom. The van der Waals surface area contributed by atoms with Crippen LogP contribution in [0.15, 0.2) is 60.7 Å². The fourth-order valence-electron chi connectivity index (χ4n) is 4.65. The molecule has 0 aliphatic carbocycles. The average molecular weight is 487 g/mol. The number of carbonyl (C=O) groups excluding carboxylic acids is 1. The zero-order chi connectivity index (χ0) is 26.3. The minimum absolute atomic E-state index is 0.0372. The van der Waals surface area contributed by atoms with Crippen LogP contribution in [0.4, 0.5) is 5.69 Å². The van der Waals surface area contributed by atoms with E-state index in [1.54, 1.807) is 0 Å². The van der Waals surface area contributed by atoms with Crippen molar-refractivity contribution < 1.29 is 9.53 Å². The van der Waals surface area contributed by atoms with Crippen LogP contribution in [0.25, 0.3) is 22.3 Å². The molecule has 0 spiro atoms. The molecule has 0 bridgehead atoms. The summed E-state index contributed by atoms with van der Waals surface area (Å²) < 4.78 is 5.35. The average Bonchev–Trinajstić information content (AvgIpc) is 2.88. The number of hydrogen-bond donors (Lipinski definition) is 1. The lowest BCUT2D eigenvalue weighted by molar-refractivity contribution is 0.0503. The molecule has 0 aliphatic heterocycles. The highest BCUT2D eigenvalue weighted by Gasteiger charge is 2.21. The number of nitrogens with zero attached hydrogens (tertiary/aromatic N) is 1. The van der Waals surface area contributed by atoms with Gasteiger partial charge < -0.3 is 15.4 Å². The third kappa shape index (κ3) is 6.36. The molecule has 0 fully saturated rings. The van der Waals surface area contributed by atoms with Gasteiger partial charge in [-0.3, -0.25) is 0 Å². The van der Waals surface area contributed by atoms with Gasteiger partial charge in [0.25, 0.3) is 0 Å². The van der Waals surface area contributed by atoms with Crippen molar-refractivity contribution in [2.45, 2.75) is 59.8 Å². The summed E-state index contributed by atoms with van der Waals surface area (Å²) in [5, 5.41) is 0. The molecule has 0 aromatic heterocycles. The minimum atomic E-state index is -0.290. The van der Waals surface area contributed by atoms with Crippen molar-refractivity contribution in [1.82, 2.24) is 0 Å².